The number of aromatic carboxylic acids is 1. The van der Waals surface area contributed by atoms with Crippen LogP contribution >= 0.6 is 0 Å². The number of rotatable bonds is 3. The molecule has 0 aliphatic heterocycles. The Morgan fingerprint density at radius 3 is 2.42 bits per heavy atom. The molecule has 2 rings (SSSR count). The molecular formula is C14H17N3O2. The van der Waals surface area contributed by atoms with Crippen molar-refractivity contribution in [3.05, 3.63) is 47.3 Å². The van der Waals surface area contributed by atoms with Gasteiger partial charge >= 0.3 is 5.97 Å². The van der Waals surface area contributed by atoms with Gasteiger partial charge < -0.3 is 5.11 Å². The monoisotopic (exact) mass is 259 g/mol. The molecule has 1 aromatic carbocycles. The summed E-state index contributed by atoms with van der Waals surface area (Å²) in [6.45, 7) is 6.40. The van der Waals surface area contributed by atoms with Crippen molar-refractivity contribution in [2.24, 2.45) is 0 Å². The Kier molecular flexibility index (Phi) is 3.38. The van der Waals surface area contributed by atoms with E-state index < -0.39 is 5.97 Å². The SMILES string of the molecule is CC(C)(C)c1c(C(=O)O)nnn1Cc1ccccc1. The average Bonchev–Trinajstić information content (AvgIpc) is 2.74. The lowest BCUT2D eigenvalue weighted by atomic mass is 9.90. The molecule has 1 aromatic heterocycles. The van der Waals surface area contributed by atoms with Crippen LogP contribution in [0.15, 0.2) is 30.3 Å². The lowest BCUT2D eigenvalue weighted by molar-refractivity contribution is 0.0687. The van der Waals surface area contributed by atoms with Gasteiger partial charge in [0.25, 0.3) is 0 Å². The molecule has 1 heterocycles. The fraction of sp³-hybridized carbons (Fsp3) is 0.357. The molecule has 100 valence electrons. The number of carboxylic acid groups (broad SMARTS) is 1. The molecule has 19 heavy (non-hydrogen) atoms. The predicted molar refractivity (Wildman–Crippen MR) is 71.2 cm³/mol. The molecule has 0 unspecified atom stereocenters. The fourth-order valence-corrected chi connectivity index (χ4v) is 2.07. The highest BCUT2D eigenvalue weighted by molar-refractivity contribution is 5.86. The minimum Gasteiger partial charge on any atom is -0.476 e. The normalized spacial score (nSPS) is 11.5. The summed E-state index contributed by atoms with van der Waals surface area (Å²) in [5, 5.41) is 17.0. The Balaban J connectivity index is 2.44. The number of nitrogens with zero attached hydrogens (tertiary/aromatic N) is 3. The molecular weight excluding hydrogens is 242 g/mol. The summed E-state index contributed by atoms with van der Waals surface area (Å²) in [6.07, 6.45) is 0. The first kappa shape index (κ1) is 13.3. The van der Waals surface area contributed by atoms with Gasteiger partial charge in [0, 0.05) is 5.41 Å². The molecule has 0 aliphatic carbocycles. The van der Waals surface area contributed by atoms with Crippen molar-refractivity contribution in [3.8, 4) is 0 Å². The maximum Gasteiger partial charge on any atom is 0.358 e. The van der Waals surface area contributed by atoms with Gasteiger partial charge in [0.1, 0.15) is 0 Å². The quantitative estimate of drug-likeness (QED) is 0.918. The van der Waals surface area contributed by atoms with Crippen molar-refractivity contribution in [2.45, 2.75) is 32.7 Å². The van der Waals surface area contributed by atoms with Crippen LogP contribution in [0.4, 0.5) is 0 Å². The summed E-state index contributed by atoms with van der Waals surface area (Å²) in [7, 11) is 0. The molecule has 0 saturated carbocycles. The third-order valence-electron chi connectivity index (χ3n) is 2.82. The van der Waals surface area contributed by atoms with E-state index in [4.69, 9.17) is 0 Å². The van der Waals surface area contributed by atoms with Crippen molar-refractivity contribution in [1.82, 2.24) is 15.0 Å². The Labute approximate surface area is 111 Å². The first-order valence-corrected chi connectivity index (χ1v) is 6.11. The fourth-order valence-electron chi connectivity index (χ4n) is 2.07. The number of hydrogen-bond donors (Lipinski definition) is 1. The zero-order valence-corrected chi connectivity index (χ0v) is 11.3. The van der Waals surface area contributed by atoms with Gasteiger partial charge in [-0.25, -0.2) is 9.48 Å². The number of hydrogen-bond acceptors (Lipinski definition) is 3. The molecule has 0 fully saturated rings. The number of benzene rings is 1. The van der Waals surface area contributed by atoms with Crippen molar-refractivity contribution < 1.29 is 9.90 Å². The van der Waals surface area contributed by atoms with Crippen molar-refractivity contribution >= 4 is 5.97 Å². The summed E-state index contributed by atoms with van der Waals surface area (Å²) >= 11 is 0. The Morgan fingerprint density at radius 1 is 1.26 bits per heavy atom. The van der Waals surface area contributed by atoms with Crippen LogP contribution in [0.1, 0.15) is 42.5 Å². The van der Waals surface area contributed by atoms with Gasteiger partial charge in [-0.3, -0.25) is 0 Å². The molecule has 0 aliphatic rings. The Bertz CT molecular complexity index is 582. The van der Waals surface area contributed by atoms with E-state index >= 15 is 0 Å². The van der Waals surface area contributed by atoms with Crippen LogP contribution in [0.2, 0.25) is 0 Å². The van der Waals surface area contributed by atoms with E-state index in [1.54, 1.807) is 4.68 Å². The van der Waals surface area contributed by atoms with Crippen LogP contribution in [0.25, 0.3) is 0 Å². The first-order chi connectivity index (χ1) is 8.89. The molecule has 2 aromatic rings. The van der Waals surface area contributed by atoms with Gasteiger partial charge in [-0.1, -0.05) is 56.3 Å². The van der Waals surface area contributed by atoms with Crippen LogP contribution in [0.5, 0.6) is 0 Å². The Hall–Kier alpha value is -2.17. The van der Waals surface area contributed by atoms with Gasteiger partial charge in [0.05, 0.1) is 12.2 Å². The second kappa shape index (κ2) is 4.84. The maximum atomic E-state index is 11.2. The summed E-state index contributed by atoms with van der Waals surface area (Å²) in [5.74, 6) is -1.04. The second-order valence-electron chi connectivity index (χ2n) is 5.49. The molecule has 0 bridgehead atoms. The molecule has 0 atom stereocenters. The maximum absolute atomic E-state index is 11.2. The third-order valence-corrected chi connectivity index (χ3v) is 2.82. The highest BCUT2D eigenvalue weighted by Gasteiger charge is 2.28. The standard InChI is InChI=1S/C14H17N3O2/c1-14(2,3)12-11(13(18)19)15-16-17(12)9-10-7-5-4-6-8-10/h4-8H,9H2,1-3H3,(H,18,19). The minimum absolute atomic E-state index is 0.0310. The lowest BCUT2D eigenvalue weighted by Gasteiger charge is -2.20. The van der Waals surface area contributed by atoms with Crippen molar-refractivity contribution in [2.75, 3.05) is 0 Å². The summed E-state index contributed by atoms with van der Waals surface area (Å²) < 4.78 is 1.67. The van der Waals surface area contributed by atoms with Gasteiger partial charge in [-0.2, -0.15) is 0 Å². The van der Waals surface area contributed by atoms with E-state index in [0.29, 0.717) is 12.2 Å². The van der Waals surface area contributed by atoms with Crippen LogP contribution in [-0.4, -0.2) is 26.1 Å². The third kappa shape index (κ3) is 2.81. The molecule has 0 amide bonds. The first-order valence-electron chi connectivity index (χ1n) is 6.11. The minimum atomic E-state index is -1.04. The highest BCUT2D eigenvalue weighted by atomic mass is 16.4. The van der Waals surface area contributed by atoms with E-state index in [2.05, 4.69) is 10.3 Å². The van der Waals surface area contributed by atoms with Crippen LogP contribution in [0.3, 0.4) is 0 Å². The number of carbonyl (C=O) groups is 1. The van der Waals surface area contributed by atoms with E-state index in [-0.39, 0.29) is 11.1 Å². The van der Waals surface area contributed by atoms with Crippen LogP contribution in [-0.2, 0) is 12.0 Å². The molecule has 5 heteroatoms. The highest BCUT2D eigenvalue weighted by Crippen LogP contribution is 2.25. The van der Waals surface area contributed by atoms with Crippen LogP contribution < -0.4 is 0 Å². The zero-order chi connectivity index (χ0) is 14.0. The number of carboxylic acids is 1. The van der Waals surface area contributed by atoms with Gasteiger partial charge in [0.2, 0.25) is 0 Å². The summed E-state index contributed by atoms with van der Waals surface area (Å²) in [6, 6.07) is 9.80. The molecule has 1 N–H and O–H groups in total. The topological polar surface area (TPSA) is 68.0 Å². The molecule has 0 saturated heterocycles. The van der Waals surface area contributed by atoms with Crippen molar-refractivity contribution in [3.63, 3.8) is 0 Å². The van der Waals surface area contributed by atoms with E-state index in [9.17, 15) is 9.90 Å². The average molecular weight is 259 g/mol. The van der Waals surface area contributed by atoms with Gasteiger partial charge in [0.15, 0.2) is 5.69 Å². The zero-order valence-electron chi connectivity index (χ0n) is 11.3. The van der Waals surface area contributed by atoms with Crippen molar-refractivity contribution in [1.29, 1.82) is 0 Å². The van der Waals surface area contributed by atoms with Gasteiger partial charge in [-0.05, 0) is 5.56 Å². The summed E-state index contributed by atoms with van der Waals surface area (Å²) in [4.78, 5) is 11.2. The smallest absolute Gasteiger partial charge is 0.358 e. The number of aromatic nitrogens is 3. The molecule has 0 spiro atoms. The Morgan fingerprint density at radius 2 is 1.89 bits per heavy atom. The lowest BCUT2D eigenvalue weighted by Crippen LogP contribution is -2.22. The largest absolute Gasteiger partial charge is 0.476 e. The van der Waals surface area contributed by atoms with Gasteiger partial charge in [-0.15, -0.1) is 5.10 Å². The van der Waals surface area contributed by atoms with Crippen LogP contribution in [0, 0.1) is 0 Å². The predicted octanol–water partition coefficient (Wildman–Crippen LogP) is 2.32. The molecule has 0 radical (unpaired) electrons. The summed E-state index contributed by atoms with van der Waals surface area (Å²) in [5.41, 5.74) is 1.41. The van der Waals surface area contributed by atoms with E-state index in [1.807, 2.05) is 51.1 Å². The molecule has 5 nitrogen and oxygen atoms in total. The van der Waals surface area contributed by atoms with E-state index in [0.717, 1.165) is 5.56 Å². The van der Waals surface area contributed by atoms with E-state index in [1.165, 1.54) is 0 Å². The second-order valence-corrected chi connectivity index (χ2v) is 5.49.